The molecule has 1 aromatic carbocycles. The van der Waals surface area contributed by atoms with Crippen molar-refractivity contribution in [3.63, 3.8) is 0 Å². The highest BCUT2D eigenvalue weighted by atomic mass is 19.4. The maximum atomic E-state index is 12.7. The van der Waals surface area contributed by atoms with Gasteiger partial charge in [0.25, 0.3) is 0 Å². The molecule has 1 N–H and O–H groups in total. The highest BCUT2D eigenvalue weighted by Gasteiger charge is 2.32. The van der Waals surface area contributed by atoms with Crippen LogP contribution in [-0.4, -0.2) is 23.4 Å². The summed E-state index contributed by atoms with van der Waals surface area (Å²) in [7, 11) is 0. The second-order valence-corrected chi connectivity index (χ2v) is 6.64. The number of furan rings is 1. The molecule has 26 heavy (non-hydrogen) atoms. The normalized spacial score (nSPS) is 15.9. The van der Waals surface area contributed by atoms with Crippen LogP contribution >= 0.6 is 0 Å². The van der Waals surface area contributed by atoms with E-state index < -0.39 is 11.7 Å². The van der Waals surface area contributed by atoms with Crippen molar-refractivity contribution in [1.29, 1.82) is 0 Å². The van der Waals surface area contributed by atoms with Gasteiger partial charge in [0.1, 0.15) is 5.76 Å². The van der Waals surface area contributed by atoms with Gasteiger partial charge in [0, 0.05) is 12.6 Å². The monoisotopic (exact) mass is 366 g/mol. The molecule has 1 aromatic heterocycles. The van der Waals surface area contributed by atoms with Crippen LogP contribution in [0.25, 0.3) is 0 Å². The Morgan fingerprint density at radius 3 is 2.50 bits per heavy atom. The molecule has 1 heterocycles. The molecular formula is C19H21F3N2O2. The van der Waals surface area contributed by atoms with Gasteiger partial charge in [-0.15, -0.1) is 0 Å². The number of rotatable bonds is 7. The van der Waals surface area contributed by atoms with Gasteiger partial charge in [-0.1, -0.05) is 12.1 Å². The number of nitrogens with one attached hydrogen (secondary N) is 1. The van der Waals surface area contributed by atoms with Gasteiger partial charge >= 0.3 is 6.18 Å². The molecule has 2 aromatic rings. The Hall–Kier alpha value is -2.28. The second kappa shape index (κ2) is 7.53. The summed E-state index contributed by atoms with van der Waals surface area (Å²) >= 11 is 0. The molecule has 3 rings (SSSR count). The van der Waals surface area contributed by atoms with Crippen LogP contribution in [0.5, 0.6) is 0 Å². The third-order valence-electron chi connectivity index (χ3n) is 4.42. The fourth-order valence-electron chi connectivity index (χ4n) is 2.87. The molecule has 0 bridgehead atoms. The number of hydrogen-bond acceptors (Lipinski definition) is 3. The summed E-state index contributed by atoms with van der Waals surface area (Å²) < 4.78 is 43.3. The van der Waals surface area contributed by atoms with Crippen molar-refractivity contribution in [2.24, 2.45) is 0 Å². The van der Waals surface area contributed by atoms with Gasteiger partial charge in [0.15, 0.2) is 0 Å². The Morgan fingerprint density at radius 1 is 1.27 bits per heavy atom. The summed E-state index contributed by atoms with van der Waals surface area (Å²) in [6.07, 6.45) is -0.779. The van der Waals surface area contributed by atoms with Gasteiger partial charge in [-0.25, -0.2) is 0 Å². The Morgan fingerprint density at radius 2 is 1.96 bits per heavy atom. The van der Waals surface area contributed by atoms with Crippen molar-refractivity contribution in [3.8, 4) is 0 Å². The zero-order valence-electron chi connectivity index (χ0n) is 14.4. The van der Waals surface area contributed by atoms with E-state index in [9.17, 15) is 18.0 Å². The van der Waals surface area contributed by atoms with Crippen molar-refractivity contribution in [1.82, 2.24) is 10.2 Å². The summed E-state index contributed by atoms with van der Waals surface area (Å²) in [5.41, 5.74) is 0.0982. The highest BCUT2D eigenvalue weighted by Crippen LogP contribution is 2.31. The van der Waals surface area contributed by atoms with Crippen LogP contribution in [0.2, 0.25) is 0 Å². The number of nitrogens with zero attached hydrogens (tertiary/aromatic N) is 1. The molecule has 140 valence electrons. The first-order valence-corrected chi connectivity index (χ1v) is 8.56. The van der Waals surface area contributed by atoms with E-state index in [1.165, 1.54) is 12.1 Å². The van der Waals surface area contributed by atoms with Crippen LogP contribution in [-0.2, 0) is 17.5 Å². The molecule has 0 radical (unpaired) electrons. The van der Waals surface area contributed by atoms with E-state index in [4.69, 9.17) is 4.42 Å². The SMILES string of the molecule is CC(NC(=O)CN(Cc1ccc(C(F)(F)F)cc1)C1CC1)c1ccco1. The molecule has 1 amide bonds. The van der Waals surface area contributed by atoms with E-state index >= 15 is 0 Å². The molecule has 1 fully saturated rings. The van der Waals surface area contributed by atoms with Gasteiger partial charge < -0.3 is 9.73 Å². The molecule has 0 spiro atoms. The first-order valence-electron chi connectivity index (χ1n) is 8.56. The van der Waals surface area contributed by atoms with Gasteiger partial charge in [-0.3, -0.25) is 9.69 Å². The van der Waals surface area contributed by atoms with Crippen LogP contribution in [0.1, 0.15) is 42.7 Å². The number of benzene rings is 1. The molecule has 1 aliphatic carbocycles. The quantitative estimate of drug-likeness (QED) is 0.801. The van der Waals surface area contributed by atoms with Crippen LogP contribution in [0.15, 0.2) is 47.1 Å². The average Bonchev–Trinajstić information content (AvgIpc) is 3.27. The zero-order valence-corrected chi connectivity index (χ0v) is 14.4. The lowest BCUT2D eigenvalue weighted by Crippen LogP contribution is -2.39. The minimum atomic E-state index is -4.34. The highest BCUT2D eigenvalue weighted by molar-refractivity contribution is 5.78. The third-order valence-corrected chi connectivity index (χ3v) is 4.42. The topological polar surface area (TPSA) is 45.5 Å². The summed E-state index contributed by atoms with van der Waals surface area (Å²) in [6, 6.07) is 8.75. The predicted molar refractivity (Wildman–Crippen MR) is 90.1 cm³/mol. The first-order chi connectivity index (χ1) is 12.3. The lowest BCUT2D eigenvalue weighted by molar-refractivity contribution is -0.137. The maximum absolute atomic E-state index is 12.7. The van der Waals surface area contributed by atoms with E-state index in [-0.39, 0.29) is 18.5 Å². The van der Waals surface area contributed by atoms with Crippen molar-refractivity contribution < 1.29 is 22.4 Å². The average molecular weight is 366 g/mol. The Kier molecular flexibility index (Phi) is 5.36. The molecule has 0 aliphatic heterocycles. The van der Waals surface area contributed by atoms with Crippen LogP contribution in [0.4, 0.5) is 13.2 Å². The number of carbonyl (C=O) groups is 1. The molecule has 0 saturated heterocycles. The zero-order chi connectivity index (χ0) is 18.7. The third kappa shape index (κ3) is 4.88. The number of hydrogen-bond donors (Lipinski definition) is 1. The minimum absolute atomic E-state index is 0.132. The molecule has 1 saturated carbocycles. The lowest BCUT2D eigenvalue weighted by Gasteiger charge is -2.22. The van der Waals surface area contributed by atoms with E-state index in [1.807, 2.05) is 11.8 Å². The second-order valence-electron chi connectivity index (χ2n) is 6.64. The summed E-state index contributed by atoms with van der Waals surface area (Å²) in [5, 5.41) is 2.89. The van der Waals surface area contributed by atoms with Gasteiger partial charge in [-0.2, -0.15) is 13.2 Å². The molecule has 1 atom stereocenters. The summed E-state index contributed by atoms with van der Waals surface area (Å²) in [5.74, 6) is 0.548. The largest absolute Gasteiger partial charge is 0.467 e. The molecule has 1 unspecified atom stereocenters. The predicted octanol–water partition coefficient (Wildman–Crippen LogP) is 4.14. The number of amides is 1. The Balaban J connectivity index is 1.58. The fraction of sp³-hybridized carbons (Fsp3) is 0.421. The Bertz CT molecular complexity index is 722. The number of halogens is 3. The van der Waals surface area contributed by atoms with Crippen molar-refractivity contribution in [3.05, 3.63) is 59.5 Å². The van der Waals surface area contributed by atoms with Crippen molar-refractivity contribution in [2.45, 2.75) is 44.6 Å². The van der Waals surface area contributed by atoms with E-state index in [0.29, 0.717) is 18.3 Å². The smallest absolute Gasteiger partial charge is 0.416 e. The van der Waals surface area contributed by atoms with Crippen LogP contribution < -0.4 is 5.32 Å². The minimum Gasteiger partial charge on any atom is -0.467 e. The molecular weight excluding hydrogens is 345 g/mol. The van der Waals surface area contributed by atoms with Gasteiger partial charge in [0.05, 0.1) is 24.4 Å². The van der Waals surface area contributed by atoms with E-state index in [0.717, 1.165) is 30.5 Å². The van der Waals surface area contributed by atoms with E-state index in [2.05, 4.69) is 5.32 Å². The standard InChI is InChI=1S/C19H21F3N2O2/c1-13(17-3-2-10-26-17)23-18(25)12-24(16-8-9-16)11-14-4-6-15(7-5-14)19(20,21)22/h2-7,10,13,16H,8-9,11-12H2,1H3,(H,23,25). The number of alkyl halides is 3. The Labute approximate surface area is 150 Å². The van der Waals surface area contributed by atoms with Crippen molar-refractivity contribution >= 4 is 5.91 Å². The van der Waals surface area contributed by atoms with Crippen LogP contribution in [0, 0.1) is 0 Å². The first kappa shape index (κ1) is 18.5. The van der Waals surface area contributed by atoms with Gasteiger partial charge in [-0.05, 0) is 49.6 Å². The van der Waals surface area contributed by atoms with E-state index in [1.54, 1.807) is 18.4 Å². The molecule has 7 heteroatoms. The lowest BCUT2D eigenvalue weighted by atomic mass is 10.1. The molecule has 1 aliphatic rings. The molecule has 4 nitrogen and oxygen atoms in total. The number of carbonyl (C=O) groups excluding carboxylic acids is 1. The maximum Gasteiger partial charge on any atom is 0.416 e. The van der Waals surface area contributed by atoms with Gasteiger partial charge in [0.2, 0.25) is 5.91 Å². The van der Waals surface area contributed by atoms with Crippen LogP contribution in [0.3, 0.4) is 0 Å². The van der Waals surface area contributed by atoms with Crippen molar-refractivity contribution in [2.75, 3.05) is 6.54 Å². The fourth-order valence-corrected chi connectivity index (χ4v) is 2.87. The summed E-state index contributed by atoms with van der Waals surface area (Å²) in [6.45, 7) is 2.50. The summed E-state index contributed by atoms with van der Waals surface area (Å²) in [4.78, 5) is 14.3.